The van der Waals surface area contributed by atoms with Gasteiger partial charge in [-0.3, -0.25) is 9.78 Å². The van der Waals surface area contributed by atoms with E-state index < -0.39 is 5.82 Å². The van der Waals surface area contributed by atoms with Crippen LogP contribution >= 0.6 is 0 Å². The van der Waals surface area contributed by atoms with E-state index in [-0.39, 0.29) is 17.3 Å². The van der Waals surface area contributed by atoms with E-state index in [4.69, 9.17) is 0 Å². The molecule has 3 heteroatoms. The highest BCUT2D eigenvalue weighted by Gasteiger charge is 2.31. The van der Waals surface area contributed by atoms with Gasteiger partial charge in [0, 0.05) is 12.1 Å². The predicted molar refractivity (Wildman–Crippen MR) is 64.3 cm³/mol. The molecule has 2 rings (SSSR count). The molecule has 0 atom stereocenters. The molecule has 1 aromatic heterocycles. The SMILES string of the molecule is CC1(C)CCC(C(=O)c2ccncc2F)CC1. The van der Waals surface area contributed by atoms with Gasteiger partial charge in [0.15, 0.2) is 11.6 Å². The maximum absolute atomic E-state index is 13.5. The molecule has 2 nitrogen and oxygen atoms in total. The van der Waals surface area contributed by atoms with E-state index in [0.29, 0.717) is 5.41 Å². The maximum atomic E-state index is 13.5. The highest BCUT2D eigenvalue weighted by atomic mass is 19.1. The van der Waals surface area contributed by atoms with Crippen molar-refractivity contribution in [1.82, 2.24) is 4.98 Å². The van der Waals surface area contributed by atoms with Crippen molar-refractivity contribution >= 4 is 5.78 Å². The number of ketones is 1. The highest BCUT2D eigenvalue weighted by molar-refractivity contribution is 5.98. The zero-order chi connectivity index (χ0) is 12.5. The first kappa shape index (κ1) is 12.2. The number of rotatable bonds is 2. The third-order valence-electron chi connectivity index (χ3n) is 3.75. The van der Waals surface area contributed by atoms with Crippen LogP contribution in [-0.2, 0) is 0 Å². The minimum Gasteiger partial charge on any atom is -0.294 e. The predicted octanol–water partition coefficient (Wildman–Crippen LogP) is 3.62. The average Bonchev–Trinajstić information content (AvgIpc) is 2.29. The summed E-state index contributed by atoms with van der Waals surface area (Å²) in [6.07, 6.45) is 6.40. The van der Waals surface area contributed by atoms with Crippen LogP contribution in [0.3, 0.4) is 0 Å². The van der Waals surface area contributed by atoms with Crippen molar-refractivity contribution in [1.29, 1.82) is 0 Å². The van der Waals surface area contributed by atoms with Crippen LogP contribution in [0.2, 0.25) is 0 Å². The molecule has 0 N–H and O–H groups in total. The molecule has 17 heavy (non-hydrogen) atoms. The van der Waals surface area contributed by atoms with Gasteiger partial charge >= 0.3 is 0 Å². The van der Waals surface area contributed by atoms with Crippen LogP contribution in [0.15, 0.2) is 18.5 Å². The van der Waals surface area contributed by atoms with E-state index in [2.05, 4.69) is 18.8 Å². The fourth-order valence-electron chi connectivity index (χ4n) is 2.46. The Balaban J connectivity index is 2.10. The lowest BCUT2D eigenvalue weighted by molar-refractivity contribution is 0.0833. The van der Waals surface area contributed by atoms with Gasteiger partial charge in [-0.2, -0.15) is 0 Å². The molecule has 1 aliphatic carbocycles. The topological polar surface area (TPSA) is 30.0 Å². The fraction of sp³-hybridized carbons (Fsp3) is 0.571. The summed E-state index contributed by atoms with van der Waals surface area (Å²) in [4.78, 5) is 15.8. The van der Waals surface area contributed by atoms with Gasteiger partial charge in [-0.05, 0) is 37.2 Å². The van der Waals surface area contributed by atoms with Gasteiger partial charge in [0.2, 0.25) is 0 Å². The van der Waals surface area contributed by atoms with Crippen LogP contribution < -0.4 is 0 Å². The lowest BCUT2D eigenvalue weighted by atomic mass is 9.71. The number of hydrogen-bond donors (Lipinski definition) is 0. The number of hydrogen-bond acceptors (Lipinski definition) is 2. The Kier molecular flexibility index (Phi) is 3.27. The lowest BCUT2D eigenvalue weighted by Gasteiger charge is -2.33. The molecule has 0 spiro atoms. The number of carbonyl (C=O) groups excluding carboxylic acids is 1. The molecule has 0 amide bonds. The van der Waals surface area contributed by atoms with Crippen LogP contribution in [0.5, 0.6) is 0 Å². The fourth-order valence-corrected chi connectivity index (χ4v) is 2.46. The van der Waals surface area contributed by atoms with E-state index in [0.717, 1.165) is 31.9 Å². The summed E-state index contributed by atoms with van der Waals surface area (Å²) < 4.78 is 13.5. The molecule has 0 unspecified atom stereocenters. The van der Waals surface area contributed by atoms with Crippen molar-refractivity contribution in [2.24, 2.45) is 11.3 Å². The normalized spacial score (nSPS) is 20.2. The molecule has 1 heterocycles. The Labute approximate surface area is 101 Å². The molecule has 1 aromatic rings. The van der Waals surface area contributed by atoms with Crippen LogP contribution in [-0.4, -0.2) is 10.8 Å². The molecule has 0 aromatic carbocycles. The second kappa shape index (κ2) is 4.55. The van der Waals surface area contributed by atoms with Crippen LogP contribution in [0.1, 0.15) is 49.9 Å². The van der Waals surface area contributed by atoms with E-state index in [1.807, 2.05) is 0 Å². The Morgan fingerprint density at radius 3 is 2.65 bits per heavy atom. The van der Waals surface area contributed by atoms with Crippen LogP contribution in [0.25, 0.3) is 0 Å². The van der Waals surface area contributed by atoms with E-state index in [9.17, 15) is 9.18 Å². The number of halogens is 1. The van der Waals surface area contributed by atoms with Crippen LogP contribution in [0.4, 0.5) is 4.39 Å². The van der Waals surface area contributed by atoms with Crippen molar-refractivity contribution in [3.05, 3.63) is 29.8 Å². The van der Waals surface area contributed by atoms with Gasteiger partial charge in [0.1, 0.15) is 0 Å². The third kappa shape index (κ3) is 2.71. The Hall–Kier alpha value is -1.25. The minimum atomic E-state index is -0.498. The quantitative estimate of drug-likeness (QED) is 0.733. The summed E-state index contributed by atoms with van der Waals surface area (Å²) in [7, 11) is 0. The second-order valence-corrected chi connectivity index (χ2v) is 5.66. The van der Waals surface area contributed by atoms with E-state index in [1.165, 1.54) is 12.3 Å². The number of nitrogens with zero attached hydrogens (tertiary/aromatic N) is 1. The number of Topliss-reactive ketones (excluding diaryl/α,β-unsaturated/α-hetero) is 1. The van der Waals surface area contributed by atoms with Gasteiger partial charge < -0.3 is 0 Å². The molecule has 92 valence electrons. The molecular formula is C14H18FNO. The molecule has 1 saturated carbocycles. The minimum absolute atomic E-state index is 0.0140. The molecular weight excluding hydrogens is 217 g/mol. The monoisotopic (exact) mass is 235 g/mol. The van der Waals surface area contributed by atoms with Gasteiger partial charge in [-0.15, -0.1) is 0 Å². The van der Waals surface area contributed by atoms with Crippen molar-refractivity contribution in [2.45, 2.75) is 39.5 Å². The Morgan fingerprint density at radius 2 is 2.06 bits per heavy atom. The van der Waals surface area contributed by atoms with Gasteiger partial charge in [0.05, 0.1) is 11.8 Å². The first-order valence-corrected chi connectivity index (χ1v) is 6.13. The van der Waals surface area contributed by atoms with Crippen LogP contribution in [0, 0.1) is 17.2 Å². The highest BCUT2D eigenvalue weighted by Crippen LogP contribution is 2.39. The van der Waals surface area contributed by atoms with E-state index >= 15 is 0 Å². The van der Waals surface area contributed by atoms with Gasteiger partial charge in [-0.25, -0.2) is 4.39 Å². The lowest BCUT2D eigenvalue weighted by Crippen LogP contribution is -2.26. The zero-order valence-corrected chi connectivity index (χ0v) is 10.4. The number of pyridine rings is 1. The molecule has 0 bridgehead atoms. The van der Waals surface area contributed by atoms with Crippen molar-refractivity contribution in [2.75, 3.05) is 0 Å². The third-order valence-corrected chi connectivity index (χ3v) is 3.75. The standard InChI is InChI=1S/C14H18FNO/c1-14(2)6-3-10(4-7-14)13(17)11-5-8-16-9-12(11)15/h5,8-10H,3-4,6-7H2,1-2H3. The average molecular weight is 235 g/mol. The molecule has 1 fully saturated rings. The van der Waals surface area contributed by atoms with Crippen molar-refractivity contribution in [3.63, 3.8) is 0 Å². The molecule has 0 aliphatic heterocycles. The summed E-state index contributed by atoms with van der Waals surface area (Å²) >= 11 is 0. The molecule has 0 radical (unpaired) electrons. The molecule has 1 aliphatic rings. The summed E-state index contributed by atoms with van der Waals surface area (Å²) in [6, 6.07) is 1.48. The first-order valence-electron chi connectivity index (χ1n) is 6.13. The van der Waals surface area contributed by atoms with Gasteiger partial charge in [-0.1, -0.05) is 13.8 Å². The Bertz CT molecular complexity index is 418. The number of carbonyl (C=O) groups is 1. The van der Waals surface area contributed by atoms with Crippen molar-refractivity contribution < 1.29 is 9.18 Å². The smallest absolute Gasteiger partial charge is 0.168 e. The first-order chi connectivity index (χ1) is 7.99. The molecule has 0 saturated heterocycles. The van der Waals surface area contributed by atoms with Gasteiger partial charge in [0.25, 0.3) is 0 Å². The maximum Gasteiger partial charge on any atom is 0.168 e. The van der Waals surface area contributed by atoms with E-state index in [1.54, 1.807) is 0 Å². The summed E-state index contributed by atoms with van der Waals surface area (Å²) in [5.41, 5.74) is 0.526. The largest absolute Gasteiger partial charge is 0.294 e. The zero-order valence-electron chi connectivity index (χ0n) is 10.4. The summed E-state index contributed by atoms with van der Waals surface area (Å²) in [5, 5.41) is 0. The number of aromatic nitrogens is 1. The summed E-state index contributed by atoms with van der Waals surface area (Å²) in [6.45, 7) is 4.45. The second-order valence-electron chi connectivity index (χ2n) is 5.66. The summed E-state index contributed by atoms with van der Waals surface area (Å²) in [5.74, 6) is -0.567. The van der Waals surface area contributed by atoms with Crippen molar-refractivity contribution in [3.8, 4) is 0 Å². The Morgan fingerprint density at radius 1 is 1.41 bits per heavy atom.